The molecule has 3 aromatic heterocycles. The van der Waals surface area contributed by atoms with E-state index in [9.17, 15) is 14.4 Å². The second-order valence-electron chi connectivity index (χ2n) is 7.43. The van der Waals surface area contributed by atoms with Crippen LogP contribution in [0, 0.1) is 17.1 Å². The first kappa shape index (κ1) is 20.3. The number of aryl methyl sites for hydroxylation is 1. The first-order valence-electron chi connectivity index (χ1n) is 9.86. The highest BCUT2D eigenvalue weighted by Gasteiger charge is 2.26. The molecule has 0 radical (unpaired) electrons. The van der Waals surface area contributed by atoms with Crippen LogP contribution in [0.1, 0.15) is 35.8 Å². The number of hydrogen-bond donors (Lipinski definition) is 1. The number of halogens is 1. The van der Waals surface area contributed by atoms with Crippen LogP contribution in [-0.2, 0) is 13.5 Å². The number of nitrogens with zero attached hydrogens (tertiary/aromatic N) is 8. The molecule has 1 aliphatic heterocycles. The van der Waals surface area contributed by atoms with Crippen molar-refractivity contribution in [2.45, 2.75) is 19.4 Å². The number of nitriles is 1. The Morgan fingerprint density at radius 2 is 2.09 bits per heavy atom. The van der Waals surface area contributed by atoms with E-state index in [4.69, 9.17) is 10.5 Å². The first-order valence-corrected chi connectivity index (χ1v) is 9.86. The predicted octanol–water partition coefficient (Wildman–Crippen LogP) is 1.46. The van der Waals surface area contributed by atoms with Crippen molar-refractivity contribution in [2.75, 3.05) is 5.73 Å². The molecule has 0 fully saturated rings. The number of ether oxygens (including phenoxy) is 1. The Kier molecular flexibility index (Phi) is 4.59. The lowest BCUT2D eigenvalue weighted by Crippen LogP contribution is -2.27. The van der Waals surface area contributed by atoms with Crippen molar-refractivity contribution in [1.82, 2.24) is 34.5 Å². The lowest BCUT2D eigenvalue weighted by atomic mass is 10.0. The van der Waals surface area contributed by atoms with Crippen molar-refractivity contribution >= 4 is 5.82 Å². The van der Waals surface area contributed by atoms with Crippen LogP contribution in [0.4, 0.5) is 10.2 Å². The summed E-state index contributed by atoms with van der Waals surface area (Å²) < 4.78 is 22.9. The monoisotopic (exact) mass is 445 g/mol. The number of fused-ring (bicyclic) bond motifs is 7. The molecule has 12 heteroatoms. The van der Waals surface area contributed by atoms with Crippen LogP contribution in [0.2, 0.25) is 0 Å². The third-order valence-electron chi connectivity index (χ3n) is 5.39. The molecule has 5 rings (SSSR count). The van der Waals surface area contributed by atoms with Crippen molar-refractivity contribution in [1.29, 1.82) is 5.26 Å². The maximum absolute atomic E-state index is 14.2. The summed E-state index contributed by atoms with van der Waals surface area (Å²) in [6.45, 7) is 1.69. The van der Waals surface area contributed by atoms with E-state index < -0.39 is 17.6 Å². The molecular formula is C21H16FN9O2. The minimum Gasteiger partial charge on any atom is -0.482 e. The molecule has 2 N–H and O–H groups in total. The minimum absolute atomic E-state index is 0.0189. The van der Waals surface area contributed by atoms with E-state index in [0.717, 1.165) is 6.33 Å². The van der Waals surface area contributed by atoms with Crippen molar-refractivity contribution in [3.63, 3.8) is 0 Å². The summed E-state index contributed by atoms with van der Waals surface area (Å²) in [4.78, 5) is 20.9. The normalized spacial score (nSPS) is 14.5. The van der Waals surface area contributed by atoms with Gasteiger partial charge in [0, 0.05) is 18.7 Å². The molecule has 0 saturated heterocycles. The maximum atomic E-state index is 14.2. The number of rotatable bonds is 0. The number of aromatic nitrogens is 7. The van der Waals surface area contributed by atoms with Gasteiger partial charge in [-0.1, -0.05) is 0 Å². The molecule has 1 aromatic carbocycles. The van der Waals surface area contributed by atoms with Gasteiger partial charge in [0.1, 0.15) is 41.5 Å². The van der Waals surface area contributed by atoms with Gasteiger partial charge in [-0.25, -0.2) is 18.7 Å². The molecule has 0 amide bonds. The van der Waals surface area contributed by atoms with Gasteiger partial charge in [0.05, 0.1) is 23.4 Å². The predicted molar refractivity (Wildman–Crippen MR) is 113 cm³/mol. The third-order valence-corrected chi connectivity index (χ3v) is 5.39. The van der Waals surface area contributed by atoms with Gasteiger partial charge < -0.3 is 10.5 Å². The fourth-order valence-electron chi connectivity index (χ4n) is 3.90. The van der Waals surface area contributed by atoms with Crippen LogP contribution in [0.25, 0.3) is 16.9 Å². The fourth-order valence-corrected chi connectivity index (χ4v) is 3.90. The molecular weight excluding hydrogens is 429 g/mol. The second-order valence-corrected chi connectivity index (χ2v) is 7.43. The fraction of sp³-hybridized carbons (Fsp3) is 0.190. The molecule has 0 spiro atoms. The van der Waals surface area contributed by atoms with Gasteiger partial charge in [-0.15, -0.1) is 10.2 Å². The van der Waals surface area contributed by atoms with Gasteiger partial charge >= 0.3 is 5.69 Å². The summed E-state index contributed by atoms with van der Waals surface area (Å²) in [7, 11) is 1.62. The Hall–Kier alpha value is -4.66. The Morgan fingerprint density at radius 3 is 2.88 bits per heavy atom. The summed E-state index contributed by atoms with van der Waals surface area (Å²) in [5.74, 6) is 0.00218. The van der Waals surface area contributed by atoms with Crippen LogP contribution in [0.3, 0.4) is 0 Å². The lowest BCUT2D eigenvalue weighted by molar-refractivity contribution is 0.226. The van der Waals surface area contributed by atoms with Crippen LogP contribution >= 0.6 is 0 Å². The van der Waals surface area contributed by atoms with E-state index in [0.29, 0.717) is 34.0 Å². The zero-order chi connectivity index (χ0) is 23.3. The van der Waals surface area contributed by atoms with E-state index in [2.05, 4.69) is 31.3 Å². The summed E-state index contributed by atoms with van der Waals surface area (Å²) >= 11 is 0. The Morgan fingerprint density at radius 1 is 1.27 bits per heavy atom. The average molecular weight is 445 g/mol. The van der Waals surface area contributed by atoms with Crippen LogP contribution in [-0.4, -0.2) is 34.5 Å². The van der Waals surface area contributed by atoms with Crippen LogP contribution in [0.15, 0.2) is 35.4 Å². The molecule has 164 valence electrons. The molecule has 4 aromatic rings. The molecule has 0 aliphatic carbocycles. The standard InChI is InChI=1S/C21H16FN9O2/c1-10-12-5-11(22)3-4-15(12)31-18(25-9-26-21(31)32)7-14-19(16(8-23)30(2)29-14)13-6-17(33-10)20(24)28-27-13/h3-6,9-10H,7H2,1-2H3,(H2,24,28). The number of anilines is 1. The summed E-state index contributed by atoms with van der Waals surface area (Å²) in [6, 6.07) is 7.66. The van der Waals surface area contributed by atoms with Crippen LogP contribution in [0.5, 0.6) is 5.75 Å². The third kappa shape index (κ3) is 3.26. The summed E-state index contributed by atoms with van der Waals surface area (Å²) in [5, 5.41) is 22.3. The largest absolute Gasteiger partial charge is 0.482 e. The summed E-state index contributed by atoms with van der Waals surface area (Å²) in [6.07, 6.45) is 0.479. The number of nitrogens with two attached hydrogens (primary N) is 1. The maximum Gasteiger partial charge on any atom is 0.355 e. The highest BCUT2D eigenvalue weighted by atomic mass is 19.1. The Bertz CT molecular complexity index is 1520. The van der Waals surface area contributed by atoms with Gasteiger partial charge in [0.2, 0.25) is 0 Å². The topological polar surface area (TPSA) is 150 Å². The van der Waals surface area contributed by atoms with Gasteiger partial charge in [0.15, 0.2) is 11.6 Å². The van der Waals surface area contributed by atoms with E-state index in [1.807, 2.05) is 0 Å². The molecule has 33 heavy (non-hydrogen) atoms. The van der Waals surface area contributed by atoms with Crippen LogP contribution < -0.4 is 16.2 Å². The molecule has 1 atom stereocenters. The van der Waals surface area contributed by atoms with E-state index >= 15 is 0 Å². The highest BCUT2D eigenvalue weighted by molar-refractivity contribution is 5.71. The van der Waals surface area contributed by atoms with E-state index in [1.54, 1.807) is 20.0 Å². The number of hydrogen-bond acceptors (Lipinski definition) is 9. The number of benzene rings is 1. The average Bonchev–Trinajstić information content (AvgIpc) is 3.09. The lowest BCUT2D eigenvalue weighted by Gasteiger charge is -2.21. The molecule has 1 aliphatic rings. The van der Waals surface area contributed by atoms with Crippen molar-refractivity contribution in [3.05, 3.63) is 69.7 Å². The van der Waals surface area contributed by atoms with Crippen molar-refractivity contribution in [3.8, 4) is 28.8 Å². The Balaban J connectivity index is 1.88. The molecule has 1 unspecified atom stereocenters. The van der Waals surface area contributed by atoms with Crippen molar-refractivity contribution < 1.29 is 9.13 Å². The van der Waals surface area contributed by atoms with Crippen molar-refractivity contribution in [2.24, 2.45) is 7.05 Å². The smallest absolute Gasteiger partial charge is 0.355 e. The highest BCUT2D eigenvalue weighted by Crippen LogP contribution is 2.35. The molecule has 4 heterocycles. The van der Waals surface area contributed by atoms with Gasteiger partial charge in [-0.3, -0.25) is 4.68 Å². The quantitative estimate of drug-likeness (QED) is 0.424. The zero-order valence-corrected chi connectivity index (χ0v) is 17.5. The number of nitrogen functional groups attached to an aromatic ring is 1. The van der Waals surface area contributed by atoms with Gasteiger partial charge in [0.25, 0.3) is 0 Å². The first-order chi connectivity index (χ1) is 15.9. The Labute approximate surface area is 185 Å². The molecule has 2 bridgehead atoms. The van der Waals surface area contributed by atoms with E-state index in [1.165, 1.54) is 27.4 Å². The summed E-state index contributed by atoms with van der Waals surface area (Å²) in [5.41, 5.74) is 7.52. The molecule has 0 saturated carbocycles. The SMILES string of the molecule is CC1Oc2cc(nnc2N)-c2c(nn(C)c2C#N)Cc2ncnc(=O)n2-c2ccc(F)cc21. The van der Waals surface area contributed by atoms with Gasteiger partial charge in [-0.05, 0) is 25.1 Å². The van der Waals surface area contributed by atoms with E-state index in [-0.39, 0.29) is 23.7 Å². The zero-order valence-electron chi connectivity index (χ0n) is 17.5. The van der Waals surface area contributed by atoms with Gasteiger partial charge in [-0.2, -0.15) is 15.3 Å². The molecule has 11 nitrogen and oxygen atoms in total. The minimum atomic E-state index is -0.738. The second kappa shape index (κ2) is 7.49.